The predicted octanol–water partition coefficient (Wildman–Crippen LogP) is 2.33. The van der Waals surface area contributed by atoms with Gasteiger partial charge in [-0.25, -0.2) is 0 Å². The summed E-state index contributed by atoms with van der Waals surface area (Å²) in [5, 5.41) is 9.72. The van der Waals surface area contributed by atoms with Crippen molar-refractivity contribution in [3.8, 4) is 5.75 Å². The summed E-state index contributed by atoms with van der Waals surface area (Å²) in [4.78, 5) is 0. The molecule has 3 N–H and O–H groups in total. The smallest absolute Gasteiger partial charge is 0.119 e. The Morgan fingerprint density at radius 3 is 2.50 bits per heavy atom. The molecule has 0 aliphatic carbocycles. The van der Waals surface area contributed by atoms with Crippen LogP contribution in [0, 0.1) is 6.92 Å². The molecule has 0 bridgehead atoms. The van der Waals surface area contributed by atoms with Crippen molar-refractivity contribution in [1.29, 1.82) is 0 Å². The van der Waals surface area contributed by atoms with Gasteiger partial charge in [-0.15, -0.1) is 0 Å². The van der Waals surface area contributed by atoms with E-state index in [9.17, 15) is 5.11 Å². The molecular weight excluding hydrogens is 174 g/mol. The van der Waals surface area contributed by atoms with E-state index in [-0.39, 0.29) is 0 Å². The second kappa shape index (κ2) is 4.47. The highest BCUT2D eigenvalue weighted by atomic mass is 16.3. The minimum absolute atomic E-state index is 0.354. The van der Waals surface area contributed by atoms with E-state index in [2.05, 4.69) is 19.9 Å². The van der Waals surface area contributed by atoms with E-state index < -0.39 is 0 Å². The van der Waals surface area contributed by atoms with Crippen molar-refractivity contribution >= 4 is 0 Å². The van der Waals surface area contributed by atoms with Gasteiger partial charge >= 0.3 is 0 Å². The van der Waals surface area contributed by atoms with Gasteiger partial charge in [-0.1, -0.05) is 19.9 Å². The van der Waals surface area contributed by atoms with Gasteiger partial charge in [0.25, 0.3) is 0 Å². The van der Waals surface area contributed by atoms with Crippen LogP contribution in [0.25, 0.3) is 0 Å². The molecule has 0 atom stereocenters. The van der Waals surface area contributed by atoms with Crippen LogP contribution in [0.3, 0.4) is 0 Å². The summed E-state index contributed by atoms with van der Waals surface area (Å²) in [5.74, 6) is 0.755. The van der Waals surface area contributed by atoms with Crippen LogP contribution >= 0.6 is 0 Å². The largest absolute Gasteiger partial charge is 0.508 e. The minimum Gasteiger partial charge on any atom is -0.508 e. The molecule has 0 fully saturated rings. The molecule has 2 nitrogen and oxygen atoms in total. The number of aryl methyl sites for hydroxylation is 1. The average Bonchev–Trinajstić information content (AvgIpc) is 2.09. The molecule has 2 heteroatoms. The van der Waals surface area contributed by atoms with Crippen LogP contribution in [-0.2, 0) is 6.42 Å². The van der Waals surface area contributed by atoms with Crippen LogP contribution in [0.5, 0.6) is 5.75 Å². The molecule has 0 saturated carbocycles. The van der Waals surface area contributed by atoms with E-state index >= 15 is 0 Å². The molecule has 14 heavy (non-hydrogen) atoms. The monoisotopic (exact) mass is 193 g/mol. The first-order valence-electron chi connectivity index (χ1n) is 5.08. The molecule has 0 unspecified atom stereocenters. The van der Waals surface area contributed by atoms with E-state index in [0.29, 0.717) is 18.2 Å². The van der Waals surface area contributed by atoms with Crippen LogP contribution in [0.15, 0.2) is 12.1 Å². The Hall–Kier alpha value is -1.02. The number of aromatic hydroxyl groups is 1. The highest BCUT2D eigenvalue weighted by Gasteiger charge is 2.08. The van der Waals surface area contributed by atoms with E-state index in [1.54, 1.807) is 0 Å². The van der Waals surface area contributed by atoms with Gasteiger partial charge in [0, 0.05) is 0 Å². The zero-order valence-electron chi connectivity index (χ0n) is 9.17. The molecular formula is C12H19NO. The fourth-order valence-electron chi connectivity index (χ4n) is 1.64. The van der Waals surface area contributed by atoms with Crippen molar-refractivity contribution < 1.29 is 5.11 Å². The maximum atomic E-state index is 9.72. The van der Waals surface area contributed by atoms with Crippen LogP contribution in [-0.4, -0.2) is 11.7 Å². The topological polar surface area (TPSA) is 46.2 Å². The second-order valence-corrected chi connectivity index (χ2v) is 4.03. The van der Waals surface area contributed by atoms with Crippen LogP contribution in [0.2, 0.25) is 0 Å². The highest BCUT2D eigenvalue weighted by molar-refractivity contribution is 5.43. The quantitative estimate of drug-likeness (QED) is 0.774. The Bertz CT molecular complexity index is 318. The van der Waals surface area contributed by atoms with Crippen molar-refractivity contribution in [2.24, 2.45) is 5.73 Å². The minimum atomic E-state index is 0.354. The highest BCUT2D eigenvalue weighted by Crippen LogP contribution is 2.28. The maximum absolute atomic E-state index is 9.72. The number of benzene rings is 1. The van der Waals surface area contributed by atoms with Gasteiger partial charge in [-0.05, 0) is 48.6 Å². The fourth-order valence-corrected chi connectivity index (χ4v) is 1.64. The van der Waals surface area contributed by atoms with Gasteiger partial charge in [-0.2, -0.15) is 0 Å². The zero-order valence-corrected chi connectivity index (χ0v) is 9.17. The van der Waals surface area contributed by atoms with Crippen molar-refractivity contribution in [2.75, 3.05) is 6.54 Å². The summed E-state index contributed by atoms with van der Waals surface area (Å²) < 4.78 is 0. The molecule has 78 valence electrons. The Morgan fingerprint density at radius 1 is 1.36 bits per heavy atom. The Morgan fingerprint density at radius 2 is 2.00 bits per heavy atom. The second-order valence-electron chi connectivity index (χ2n) is 4.03. The van der Waals surface area contributed by atoms with Crippen LogP contribution in [0.4, 0.5) is 0 Å². The van der Waals surface area contributed by atoms with Crippen molar-refractivity contribution in [2.45, 2.75) is 33.1 Å². The first-order chi connectivity index (χ1) is 6.56. The molecule has 1 aromatic rings. The summed E-state index contributed by atoms with van der Waals surface area (Å²) in [7, 11) is 0. The zero-order chi connectivity index (χ0) is 10.7. The first kappa shape index (κ1) is 11.1. The average molecular weight is 193 g/mol. The molecule has 0 saturated heterocycles. The summed E-state index contributed by atoms with van der Waals surface area (Å²) in [5.41, 5.74) is 8.91. The van der Waals surface area contributed by atoms with Crippen molar-refractivity contribution in [3.63, 3.8) is 0 Å². The van der Waals surface area contributed by atoms with Gasteiger partial charge in [0.05, 0.1) is 0 Å². The molecule has 0 aromatic heterocycles. The predicted molar refractivity (Wildman–Crippen MR) is 59.7 cm³/mol. The number of hydrogen-bond donors (Lipinski definition) is 2. The summed E-state index contributed by atoms with van der Waals surface area (Å²) >= 11 is 0. The third-order valence-electron chi connectivity index (χ3n) is 2.52. The third-order valence-corrected chi connectivity index (χ3v) is 2.52. The molecule has 0 aliphatic rings. The molecule has 1 aromatic carbocycles. The van der Waals surface area contributed by atoms with Crippen LogP contribution in [0.1, 0.15) is 36.5 Å². The van der Waals surface area contributed by atoms with E-state index in [1.807, 2.05) is 13.0 Å². The molecule has 0 heterocycles. The summed E-state index contributed by atoms with van der Waals surface area (Å²) in [6.07, 6.45) is 0.881. The lowest BCUT2D eigenvalue weighted by atomic mass is 9.95. The number of phenolic OH excluding ortho intramolecular Hbond substituents is 1. The van der Waals surface area contributed by atoms with Gasteiger partial charge in [-0.3, -0.25) is 0 Å². The Labute approximate surface area is 85.8 Å². The van der Waals surface area contributed by atoms with Gasteiger partial charge < -0.3 is 10.8 Å². The molecule has 1 rings (SSSR count). The van der Waals surface area contributed by atoms with Crippen LogP contribution < -0.4 is 5.73 Å². The number of rotatable bonds is 3. The molecule has 0 amide bonds. The lowest BCUT2D eigenvalue weighted by Gasteiger charge is -2.13. The van der Waals surface area contributed by atoms with Gasteiger partial charge in [0.1, 0.15) is 5.75 Å². The summed E-state index contributed by atoms with van der Waals surface area (Å²) in [6, 6.07) is 3.91. The molecule has 0 spiro atoms. The third kappa shape index (κ3) is 2.26. The standard InChI is InChI=1S/C12H19NO/c1-8(2)11-7-10(4-5-13)9(3)6-12(11)14/h6-8,14H,4-5,13H2,1-3H3. The Kier molecular flexibility index (Phi) is 3.53. The van der Waals surface area contributed by atoms with E-state index in [1.165, 1.54) is 5.56 Å². The first-order valence-corrected chi connectivity index (χ1v) is 5.08. The molecule has 0 radical (unpaired) electrons. The maximum Gasteiger partial charge on any atom is 0.119 e. The van der Waals surface area contributed by atoms with Crippen molar-refractivity contribution in [1.82, 2.24) is 0 Å². The molecule has 0 aliphatic heterocycles. The number of nitrogens with two attached hydrogens (primary N) is 1. The lowest BCUT2D eigenvalue weighted by molar-refractivity contribution is 0.464. The van der Waals surface area contributed by atoms with Gasteiger partial charge in [0.15, 0.2) is 0 Å². The normalized spacial score (nSPS) is 10.9. The van der Waals surface area contributed by atoms with E-state index in [4.69, 9.17) is 5.73 Å². The van der Waals surface area contributed by atoms with Gasteiger partial charge in [0.2, 0.25) is 0 Å². The SMILES string of the molecule is Cc1cc(O)c(C(C)C)cc1CCN. The fraction of sp³-hybridized carbons (Fsp3) is 0.500. The van der Waals surface area contributed by atoms with Crippen molar-refractivity contribution in [3.05, 3.63) is 28.8 Å². The van der Waals surface area contributed by atoms with E-state index in [0.717, 1.165) is 17.5 Å². The number of phenols is 1. The summed E-state index contributed by atoms with van der Waals surface area (Å²) in [6.45, 7) is 6.82. The number of hydrogen-bond acceptors (Lipinski definition) is 2. The Balaban J connectivity index is 3.13. The lowest BCUT2D eigenvalue weighted by Crippen LogP contribution is -2.05.